The zero-order valence-corrected chi connectivity index (χ0v) is 21.9. The van der Waals surface area contributed by atoms with E-state index in [0.717, 1.165) is 11.1 Å². The molecular weight excluding hydrogens is 500 g/mol. The summed E-state index contributed by atoms with van der Waals surface area (Å²) in [6.45, 7) is 3.63. The van der Waals surface area contributed by atoms with Crippen LogP contribution in [-0.4, -0.2) is 62.9 Å². The number of rotatable bonds is 11. The smallest absolute Gasteiger partial charge is 0.247 e. The number of carbonyl (C=O) groups is 4. The first-order chi connectivity index (χ1) is 18.8. The lowest BCUT2D eigenvalue weighted by Gasteiger charge is -2.26. The first kappa shape index (κ1) is 27.4. The number of hydrogen-bond acceptors (Lipinski definition) is 7. The number of hydrogen-bond donors (Lipinski definition) is 4. The predicted molar refractivity (Wildman–Crippen MR) is 142 cm³/mol. The summed E-state index contributed by atoms with van der Waals surface area (Å²) < 4.78 is 0. The highest BCUT2D eigenvalue weighted by molar-refractivity contribution is 6.05. The molecule has 1 unspecified atom stereocenters. The normalized spacial score (nSPS) is 14.9. The molecule has 12 nitrogen and oxygen atoms in total. The number of nitrogens with one attached hydrogen (secondary N) is 4. The lowest BCUT2D eigenvalue weighted by molar-refractivity contribution is -0.130. The number of nitrogens with zero attached hydrogens (tertiary/aromatic N) is 4. The molecule has 4 N–H and O–H groups in total. The van der Waals surface area contributed by atoms with Crippen LogP contribution in [0.25, 0.3) is 0 Å². The minimum atomic E-state index is -0.797. The Kier molecular flexibility index (Phi) is 8.97. The van der Waals surface area contributed by atoms with Crippen molar-refractivity contribution in [3.8, 4) is 0 Å². The summed E-state index contributed by atoms with van der Waals surface area (Å²) in [5.74, 6) is -1.10. The molecule has 4 rings (SSSR count). The van der Waals surface area contributed by atoms with Crippen molar-refractivity contribution in [1.29, 1.82) is 0 Å². The molecule has 12 heteroatoms. The van der Waals surface area contributed by atoms with Gasteiger partial charge in [-0.05, 0) is 29.5 Å². The molecular formula is C27H32N8O4. The maximum Gasteiger partial charge on any atom is 0.247 e. The first-order valence-corrected chi connectivity index (χ1v) is 12.8. The summed E-state index contributed by atoms with van der Waals surface area (Å²) in [7, 11) is 0. The topological polar surface area (TPSA) is 162 Å². The molecule has 0 saturated heterocycles. The molecule has 0 fully saturated rings. The van der Waals surface area contributed by atoms with Crippen molar-refractivity contribution in [1.82, 2.24) is 36.6 Å². The van der Waals surface area contributed by atoms with Crippen molar-refractivity contribution in [2.45, 2.75) is 51.7 Å². The largest absolute Gasteiger partial charge is 0.347 e. The zero-order valence-electron chi connectivity index (χ0n) is 21.9. The summed E-state index contributed by atoms with van der Waals surface area (Å²) in [5.41, 5.74) is 2.30. The Morgan fingerprint density at radius 1 is 1.03 bits per heavy atom. The van der Waals surface area contributed by atoms with Gasteiger partial charge in [0.1, 0.15) is 12.1 Å². The van der Waals surface area contributed by atoms with Gasteiger partial charge in [0.05, 0.1) is 19.5 Å². The van der Waals surface area contributed by atoms with Crippen molar-refractivity contribution >= 4 is 29.3 Å². The Morgan fingerprint density at radius 3 is 2.49 bits per heavy atom. The van der Waals surface area contributed by atoms with E-state index in [1.165, 1.54) is 4.90 Å². The van der Waals surface area contributed by atoms with E-state index in [-0.39, 0.29) is 37.2 Å². The van der Waals surface area contributed by atoms with Gasteiger partial charge < -0.3 is 16.0 Å². The zero-order chi connectivity index (χ0) is 27.8. The molecule has 1 aromatic heterocycles. The van der Waals surface area contributed by atoms with Crippen LogP contribution in [0.3, 0.4) is 0 Å². The molecule has 204 valence electrons. The highest BCUT2D eigenvalue weighted by Crippen LogP contribution is 2.32. The van der Waals surface area contributed by atoms with E-state index in [4.69, 9.17) is 0 Å². The quantitative estimate of drug-likeness (QED) is 0.282. The second-order valence-electron chi connectivity index (χ2n) is 9.79. The third-order valence-corrected chi connectivity index (χ3v) is 6.34. The second kappa shape index (κ2) is 12.8. The number of H-pyrrole nitrogens is 1. The van der Waals surface area contributed by atoms with E-state index >= 15 is 0 Å². The number of fused-ring (bicyclic) bond motifs is 1. The molecule has 39 heavy (non-hydrogen) atoms. The molecule has 0 spiro atoms. The average molecular weight is 533 g/mol. The van der Waals surface area contributed by atoms with Crippen LogP contribution in [0.1, 0.15) is 37.2 Å². The minimum Gasteiger partial charge on any atom is -0.347 e. The molecule has 2 aromatic carbocycles. The molecule has 0 radical (unpaired) electrons. The number of para-hydroxylation sites is 1. The fourth-order valence-corrected chi connectivity index (χ4v) is 4.55. The third kappa shape index (κ3) is 7.24. The predicted octanol–water partition coefficient (Wildman–Crippen LogP) is 0.664. The van der Waals surface area contributed by atoms with Gasteiger partial charge in [-0.15, -0.1) is 10.2 Å². The van der Waals surface area contributed by atoms with E-state index in [2.05, 4.69) is 36.6 Å². The van der Waals surface area contributed by atoms with Gasteiger partial charge in [0.2, 0.25) is 23.6 Å². The molecule has 2 atom stereocenters. The van der Waals surface area contributed by atoms with Crippen LogP contribution >= 0.6 is 0 Å². The van der Waals surface area contributed by atoms with Gasteiger partial charge in [-0.3, -0.25) is 24.1 Å². The number of aromatic nitrogens is 4. The Hall–Kier alpha value is -4.61. The molecule has 0 bridgehead atoms. The Bertz CT molecular complexity index is 1300. The summed E-state index contributed by atoms with van der Waals surface area (Å²) in [6.07, 6.45) is 0.889. The number of amides is 4. The van der Waals surface area contributed by atoms with Crippen molar-refractivity contribution in [3.63, 3.8) is 0 Å². The van der Waals surface area contributed by atoms with Gasteiger partial charge >= 0.3 is 0 Å². The van der Waals surface area contributed by atoms with Gasteiger partial charge in [-0.1, -0.05) is 67.6 Å². The number of aromatic amines is 1. The highest BCUT2D eigenvalue weighted by atomic mass is 16.2. The highest BCUT2D eigenvalue weighted by Gasteiger charge is 2.38. The number of anilines is 1. The van der Waals surface area contributed by atoms with Gasteiger partial charge in [0.15, 0.2) is 5.82 Å². The van der Waals surface area contributed by atoms with E-state index < -0.39 is 23.9 Å². The fraction of sp³-hybridized carbons (Fsp3) is 0.370. The lowest BCUT2D eigenvalue weighted by atomic mass is 10.0. The van der Waals surface area contributed by atoms with Gasteiger partial charge in [0, 0.05) is 12.1 Å². The Labute approximate surface area is 225 Å². The lowest BCUT2D eigenvalue weighted by Crippen LogP contribution is -2.53. The molecule has 3 aromatic rings. The summed E-state index contributed by atoms with van der Waals surface area (Å²) >= 11 is 0. The molecule has 2 heterocycles. The first-order valence-electron chi connectivity index (χ1n) is 12.8. The SMILES string of the molecule is CC(C)CC(NC(=O)Cc1ccccc1)C(=O)NCC(=O)N1c2ccccc2C[C@H]1C(=O)NCc1nn[nH]n1. The maximum atomic E-state index is 13.4. The molecule has 0 aliphatic carbocycles. The van der Waals surface area contributed by atoms with Crippen molar-refractivity contribution in [3.05, 3.63) is 71.5 Å². The van der Waals surface area contributed by atoms with Gasteiger partial charge in [0.25, 0.3) is 0 Å². The Balaban J connectivity index is 1.40. The summed E-state index contributed by atoms with van der Waals surface area (Å²) in [4.78, 5) is 53.5. The number of benzene rings is 2. The fourth-order valence-electron chi connectivity index (χ4n) is 4.55. The number of carbonyl (C=O) groups excluding carboxylic acids is 4. The summed E-state index contributed by atoms with van der Waals surface area (Å²) in [6, 6.07) is 14.9. The Morgan fingerprint density at radius 2 is 1.77 bits per heavy atom. The molecule has 4 amide bonds. The van der Waals surface area contributed by atoms with Crippen LogP contribution in [0.4, 0.5) is 5.69 Å². The van der Waals surface area contributed by atoms with Crippen molar-refractivity contribution in [2.24, 2.45) is 5.92 Å². The van der Waals surface area contributed by atoms with Gasteiger partial charge in [-0.25, -0.2) is 0 Å². The van der Waals surface area contributed by atoms with Crippen LogP contribution in [0.2, 0.25) is 0 Å². The van der Waals surface area contributed by atoms with E-state index in [1.807, 2.05) is 56.3 Å². The van der Waals surface area contributed by atoms with Crippen LogP contribution in [0, 0.1) is 5.92 Å². The van der Waals surface area contributed by atoms with Crippen LogP contribution in [-0.2, 0) is 38.6 Å². The third-order valence-electron chi connectivity index (χ3n) is 6.34. The molecule has 0 saturated carbocycles. The maximum absolute atomic E-state index is 13.4. The monoisotopic (exact) mass is 532 g/mol. The minimum absolute atomic E-state index is 0.0561. The molecule has 1 aliphatic rings. The van der Waals surface area contributed by atoms with Crippen LogP contribution in [0.15, 0.2) is 54.6 Å². The second-order valence-corrected chi connectivity index (χ2v) is 9.79. The van der Waals surface area contributed by atoms with Crippen molar-refractivity contribution < 1.29 is 19.2 Å². The van der Waals surface area contributed by atoms with Crippen LogP contribution in [0.5, 0.6) is 0 Å². The van der Waals surface area contributed by atoms with E-state index in [9.17, 15) is 19.2 Å². The average Bonchev–Trinajstić information content (AvgIpc) is 3.58. The standard InChI is InChI=1S/C27H32N8O4/c1-17(2)12-20(30-24(36)13-18-8-4-3-5-9-18)26(38)29-16-25(37)35-21-11-7-6-10-19(21)14-22(35)27(39)28-15-23-31-33-34-32-23/h3-11,17,20,22H,12-16H2,1-2H3,(H,28,39)(H,29,38)(H,30,36)(H,31,32,33,34)/t20?,22-/m0/s1. The van der Waals surface area contributed by atoms with E-state index in [1.54, 1.807) is 12.1 Å². The van der Waals surface area contributed by atoms with Gasteiger partial charge in [-0.2, -0.15) is 5.21 Å². The van der Waals surface area contributed by atoms with Crippen molar-refractivity contribution in [2.75, 3.05) is 11.4 Å². The van der Waals surface area contributed by atoms with Crippen LogP contribution < -0.4 is 20.9 Å². The summed E-state index contributed by atoms with van der Waals surface area (Å²) in [5, 5.41) is 21.6. The number of tetrazole rings is 1. The van der Waals surface area contributed by atoms with E-state index in [0.29, 0.717) is 24.4 Å². The molecule has 1 aliphatic heterocycles.